The maximum Gasteiger partial charge on any atom is 0.129 e. The van der Waals surface area contributed by atoms with E-state index in [4.69, 9.17) is 11.2 Å². The van der Waals surface area contributed by atoms with Crippen LogP contribution in [0.25, 0.3) is 61.3 Å². The largest absolute Gasteiger partial charge is 0.488 e. The molecular formula is C42H31NO. The fraction of sp³-hybridized carbons (Fsp3) is 0.0952. The van der Waals surface area contributed by atoms with Crippen molar-refractivity contribution in [2.75, 3.05) is 6.61 Å². The van der Waals surface area contributed by atoms with E-state index in [1.165, 1.54) is 60.8 Å². The molecule has 210 valence electrons. The number of benzene rings is 5. The number of terminal acetylenes is 1. The molecule has 6 aromatic rings. The SMILES string of the molecule is C#C/C=C\C1=C(C)c2c(cccc2-n2c3c(c4cc(-c5ccc(-c6ccccc6)c6ccccc56)ccc42)C=CCC3)OC1. The number of rotatable bonds is 4. The predicted molar refractivity (Wildman–Crippen MR) is 185 cm³/mol. The van der Waals surface area contributed by atoms with Gasteiger partial charge in [-0.1, -0.05) is 96.9 Å². The second kappa shape index (κ2) is 10.6. The minimum atomic E-state index is 0.522. The fourth-order valence-electron chi connectivity index (χ4n) is 7.03. The van der Waals surface area contributed by atoms with Crippen LogP contribution in [0.1, 0.15) is 30.2 Å². The molecule has 1 aromatic heterocycles. The normalized spacial score (nSPS) is 14.1. The maximum absolute atomic E-state index is 6.25. The van der Waals surface area contributed by atoms with Gasteiger partial charge in [-0.15, -0.1) is 6.42 Å². The van der Waals surface area contributed by atoms with Crippen LogP contribution in [-0.2, 0) is 6.42 Å². The topological polar surface area (TPSA) is 14.2 Å². The van der Waals surface area contributed by atoms with Gasteiger partial charge in [0.25, 0.3) is 0 Å². The lowest BCUT2D eigenvalue weighted by Crippen LogP contribution is -2.13. The highest BCUT2D eigenvalue weighted by atomic mass is 16.5. The summed E-state index contributed by atoms with van der Waals surface area (Å²) < 4.78 is 8.72. The number of allylic oxidation sites excluding steroid dienone is 3. The Balaban J connectivity index is 1.34. The average molecular weight is 566 g/mol. The standard InChI is InChI=1S/C42H31NO/c1-3-4-13-31-27-44-41-21-12-20-40(42(41)28(31)2)43-38-19-11-10-18-36(38)37-26-30(22-25-39(37)43)33-24-23-32(29-14-6-5-7-15-29)34-16-8-9-17-35(33)34/h1,4-10,12-18,20-26H,11,19,27H2,2H3/b13-4-. The zero-order valence-electron chi connectivity index (χ0n) is 24.7. The summed E-state index contributed by atoms with van der Waals surface area (Å²) in [5.41, 5.74) is 13.4. The fourth-order valence-corrected chi connectivity index (χ4v) is 7.03. The maximum atomic E-state index is 6.25. The molecule has 0 spiro atoms. The minimum Gasteiger partial charge on any atom is -0.488 e. The van der Waals surface area contributed by atoms with Crippen LogP contribution in [0.15, 0.2) is 127 Å². The van der Waals surface area contributed by atoms with E-state index in [1.807, 2.05) is 6.08 Å². The number of hydrogen-bond donors (Lipinski definition) is 0. The first-order valence-corrected chi connectivity index (χ1v) is 15.2. The van der Waals surface area contributed by atoms with Gasteiger partial charge in [0.2, 0.25) is 0 Å². The van der Waals surface area contributed by atoms with Crippen LogP contribution >= 0.6 is 0 Å². The van der Waals surface area contributed by atoms with Crippen molar-refractivity contribution in [1.29, 1.82) is 0 Å². The van der Waals surface area contributed by atoms with Gasteiger partial charge < -0.3 is 9.30 Å². The third kappa shape index (κ3) is 4.13. The van der Waals surface area contributed by atoms with Crippen molar-refractivity contribution in [2.24, 2.45) is 0 Å². The van der Waals surface area contributed by atoms with E-state index in [0.29, 0.717) is 6.61 Å². The Labute approximate surface area is 258 Å². The van der Waals surface area contributed by atoms with Crippen molar-refractivity contribution in [1.82, 2.24) is 4.57 Å². The third-order valence-electron chi connectivity index (χ3n) is 9.13. The van der Waals surface area contributed by atoms with E-state index in [-0.39, 0.29) is 0 Å². The number of ether oxygens (including phenoxy) is 1. The molecule has 0 amide bonds. The molecule has 44 heavy (non-hydrogen) atoms. The van der Waals surface area contributed by atoms with Crippen LogP contribution in [0.3, 0.4) is 0 Å². The molecule has 2 heteroatoms. The van der Waals surface area contributed by atoms with Gasteiger partial charge in [0.15, 0.2) is 0 Å². The first kappa shape index (κ1) is 26.1. The summed E-state index contributed by atoms with van der Waals surface area (Å²) in [5, 5.41) is 3.80. The van der Waals surface area contributed by atoms with Crippen molar-refractivity contribution < 1.29 is 4.74 Å². The van der Waals surface area contributed by atoms with Gasteiger partial charge in [-0.2, -0.15) is 0 Å². The molecule has 0 bridgehead atoms. The summed E-state index contributed by atoms with van der Waals surface area (Å²) in [5.74, 6) is 3.54. The van der Waals surface area contributed by atoms with Crippen LogP contribution in [0, 0.1) is 12.3 Å². The Hall–Kier alpha value is -5.52. The molecule has 0 atom stereocenters. The van der Waals surface area contributed by atoms with E-state index in [2.05, 4.69) is 133 Å². The summed E-state index contributed by atoms with van der Waals surface area (Å²) in [6.45, 7) is 2.70. The van der Waals surface area contributed by atoms with Gasteiger partial charge in [0.05, 0.1) is 11.2 Å². The zero-order chi connectivity index (χ0) is 29.6. The van der Waals surface area contributed by atoms with Gasteiger partial charge in [-0.05, 0) is 100 Å². The van der Waals surface area contributed by atoms with E-state index in [9.17, 15) is 0 Å². The number of nitrogens with zero attached hydrogens (tertiary/aromatic N) is 1. The van der Waals surface area contributed by atoms with Crippen LogP contribution in [-0.4, -0.2) is 11.2 Å². The van der Waals surface area contributed by atoms with Crippen molar-refractivity contribution in [3.8, 4) is 46.0 Å². The molecule has 1 aliphatic heterocycles. The van der Waals surface area contributed by atoms with Crippen LogP contribution < -0.4 is 4.74 Å². The monoisotopic (exact) mass is 565 g/mol. The number of hydrogen-bond acceptors (Lipinski definition) is 1. The molecule has 5 aromatic carbocycles. The predicted octanol–water partition coefficient (Wildman–Crippen LogP) is 10.4. The Kier molecular flexibility index (Phi) is 6.32. The Bertz CT molecular complexity index is 2230. The molecular weight excluding hydrogens is 534 g/mol. The zero-order valence-corrected chi connectivity index (χ0v) is 24.7. The van der Waals surface area contributed by atoms with Crippen molar-refractivity contribution in [2.45, 2.75) is 19.8 Å². The summed E-state index contributed by atoms with van der Waals surface area (Å²) >= 11 is 0. The van der Waals surface area contributed by atoms with E-state index in [1.54, 1.807) is 6.08 Å². The number of aromatic nitrogens is 1. The van der Waals surface area contributed by atoms with Crippen molar-refractivity contribution in [3.63, 3.8) is 0 Å². The second-order valence-corrected chi connectivity index (χ2v) is 11.5. The molecule has 2 heterocycles. The average Bonchev–Trinajstić information content (AvgIpc) is 3.41. The lowest BCUT2D eigenvalue weighted by atomic mass is 9.91. The minimum absolute atomic E-state index is 0.522. The molecule has 8 rings (SSSR count). The molecule has 1 aliphatic carbocycles. The van der Waals surface area contributed by atoms with Crippen LogP contribution in [0.4, 0.5) is 0 Å². The lowest BCUT2D eigenvalue weighted by Gasteiger charge is -2.25. The van der Waals surface area contributed by atoms with Gasteiger partial charge in [-0.3, -0.25) is 0 Å². The molecule has 0 unspecified atom stereocenters. The van der Waals surface area contributed by atoms with Gasteiger partial charge >= 0.3 is 0 Å². The van der Waals surface area contributed by atoms with E-state index >= 15 is 0 Å². The first-order valence-electron chi connectivity index (χ1n) is 15.2. The van der Waals surface area contributed by atoms with Gasteiger partial charge in [0.1, 0.15) is 12.4 Å². The Morgan fingerprint density at radius 2 is 1.57 bits per heavy atom. The molecule has 2 aliphatic rings. The second-order valence-electron chi connectivity index (χ2n) is 11.5. The Morgan fingerprint density at radius 1 is 0.795 bits per heavy atom. The molecule has 0 fully saturated rings. The van der Waals surface area contributed by atoms with Crippen LogP contribution in [0.5, 0.6) is 5.75 Å². The summed E-state index contributed by atoms with van der Waals surface area (Å²) in [6, 6.07) is 37.4. The highest BCUT2D eigenvalue weighted by Crippen LogP contribution is 2.43. The van der Waals surface area contributed by atoms with E-state index in [0.717, 1.165) is 35.4 Å². The number of fused-ring (bicyclic) bond motifs is 5. The smallest absolute Gasteiger partial charge is 0.129 e. The molecule has 0 radical (unpaired) electrons. The molecule has 2 nitrogen and oxygen atoms in total. The third-order valence-corrected chi connectivity index (χ3v) is 9.13. The lowest BCUT2D eigenvalue weighted by molar-refractivity contribution is 0.349. The summed E-state index contributed by atoms with van der Waals surface area (Å²) in [6.07, 6.45) is 15.9. The highest BCUT2D eigenvalue weighted by molar-refractivity contribution is 6.06. The summed E-state index contributed by atoms with van der Waals surface area (Å²) in [7, 11) is 0. The molecule has 0 saturated heterocycles. The van der Waals surface area contributed by atoms with Crippen LogP contribution in [0.2, 0.25) is 0 Å². The first-order chi connectivity index (χ1) is 21.7. The Morgan fingerprint density at radius 3 is 2.36 bits per heavy atom. The quantitative estimate of drug-likeness (QED) is 0.194. The molecule has 0 saturated carbocycles. The highest BCUT2D eigenvalue weighted by Gasteiger charge is 2.25. The van der Waals surface area contributed by atoms with Crippen molar-refractivity contribution in [3.05, 3.63) is 144 Å². The molecule has 0 N–H and O–H groups in total. The van der Waals surface area contributed by atoms with Gasteiger partial charge in [0, 0.05) is 22.2 Å². The van der Waals surface area contributed by atoms with E-state index < -0.39 is 0 Å². The van der Waals surface area contributed by atoms with Gasteiger partial charge in [-0.25, -0.2) is 0 Å². The van der Waals surface area contributed by atoms with Crippen molar-refractivity contribution >= 4 is 33.3 Å². The summed E-state index contributed by atoms with van der Waals surface area (Å²) in [4.78, 5) is 0.